The first-order chi connectivity index (χ1) is 11.5. The van der Waals surface area contributed by atoms with Crippen LogP contribution in [0, 0.1) is 10.1 Å². The second-order valence-corrected chi connectivity index (χ2v) is 6.36. The summed E-state index contributed by atoms with van der Waals surface area (Å²) in [7, 11) is 0. The Morgan fingerprint density at radius 1 is 1.42 bits per heavy atom. The highest BCUT2D eigenvalue weighted by Gasteiger charge is 2.33. The van der Waals surface area contributed by atoms with Crippen molar-refractivity contribution in [3.63, 3.8) is 0 Å². The van der Waals surface area contributed by atoms with Gasteiger partial charge in [0, 0.05) is 11.4 Å². The lowest BCUT2D eigenvalue weighted by Crippen LogP contribution is -2.31. The van der Waals surface area contributed by atoms with Crippen molar-refractivity contribution in [2.24, 2.45) is 0 Å². The third-order valence-corrected chi connectivity index (χ3v) is 4.77. The van der Waals surface area contributed by atoms with Crippen LogP contribution in [0.25, 0.3) is 6.08 Å². The number of hydrogen-bond donors (Lipinski definition) is 1. The predicted molar refractivity (Wildman–Crippen MR) is 98.0 cm³/mol. The van der Waals surface area contributed by atoms with Gasteiger partial charge in [-0.3, -0.25) is 19.8 Å². The highest BCUT2D eigenvalue weighted by Crippen LogP contribution is 2.28. The smallest absolute Gasteiger partial charge is 0.324 e. The zero-order chi connectivity index (χ0) is 17.3. The molecule has 1 aliphatic heterocycles. The molecule has 8 heteroatoms. The molecule has 2 aromatic rings. The molecule has 1 aromatic carbocycles. The van der Waals surface area contributed by atoms with E-state index in [1.54, 1.807) is 11.5 Å². The Kier molecular flexibility index (Phi) is 4.41. The Hall–Kier alpha value is -2.58. The van der Waals surface area contributed by atoms with Gasteiger partial charge in [0.05, 0.1) is 10.6 Å². The molecule has 1 amide bonds. The molecule has 6 nitrogen and oxygen atoms in total. The maximum Gasteiger partial charge on any atom is 0.324 e. The summed E-state index contributed by atoms with van der Waals surface area (Å²) < 4.78 is 0. The maximum atomic E-state index is 12.7. The fraction of sp³-hybridized carbons (Fsp3) is 0.125. The van der Waals surface area contributed by atoms with E-state index < -0.39 is 4.92 Å². The molecule has 1 fully saturated rings. The fourth-order valence-electron chi connectivity index (χ4n) is 2.46. The van der Waals surface area contributed by atoms with E-state index in [0.29, 0.717) is 16.4 Å². The van der Waals surface area contributed by atoms with Crippen LogP contribution in [0.3, 0.4) is 0 Å². The molecule has 0 radical (unpaired) electrons. The molecular formula is C16H13N3O3S2. The second kappa shape index (κ2) is 6.50. The number of carbonyl (C=O) groups is 1. The number of hydrogen-bond acceptors (Lipinski definition) is 5. The van der Waals surface area contributed by atoms with Crippen LogP contribution in [0.2, 0.25) is 0 Å². The number of thiophene rings is 1. The van der Waals surface area contributed by atoms with Crippen LogP contribution in [0.4, 0.5) is 10.7 Å². The number of anilines is 1. The number of nitro groups is 1. The minimum atomic E-state index is -0.453. The summed E-state index contributed by atoms with van der Waals surface area (Å²) in [4.78, 5) is 24.5. The molecule has 0 aliphatic carbocycles. The third-order valence-electron chi connectivity index (χ3n) is 3.59. The minimum Gasteiger partial charge on any atom is -0.327 e. The first kappa shape index (κ1) is 16.3. The van der Waals surface area contributed by atoms with Gasteiger partial charge in [0.15, 0.2) is 5.11 Å². The number of nitrogens with one attached hydrogen (secondary N) is 1. The van der Waals surface area contributed by atoms with Crippen LogP contribution < -0.4 is 10.2 Å². The molecule has 122 valence electrons. The molecule has 1 saturated heterocycles. The summed E-state index contributed by atoms with van der Waals surface area (Å²) in [5.41, 5.74) is 2.67. The van der Waals surface area contributed by atoms with Gasteiger partial charge in [-0.05, 0) is 41.9 Å². The van der Waals surface area contributed by atoms with E-state index in [9.17, 15) is 14.9 Å². The molecule has 1 N–H and O–H groups in total. The highest BCUT2D eigenvalue weighted by atomic mass is 32.1. The van der Waals surface area contributed by atoms with Crippen molar-refractivity contribution in [3.05, 3.63) is 62.7 Å². The summed E-state index contributed by atoms with van der Waals surface area (Å²) in [6.45, 7) is 2.01. The van der Waals surface area contributed by atoms with E-state index in [4.69, 9.17) is 12.2 Å². The number of rotatable bonds is 4. The number of benzene rings is 1. The molecule has 0 atom stereocenters. The van der Waals surface area contributed by atoms with Gasteiger partial charge in [-0.1, -0.05) is 36.5 Å². The van der Waals surface area contributed by atoms with Gasteiger partial charge >= 0.3 is 5.00 Å². The number of amides is 1. The lowest BCUT2D eigenvalue weighted by atomic mass is 10.1. The van der Waals surface area contributed by atoms with Gasteiger partial charge in [0.1, 0.15) is 5.70 Å². The Bertz CT molecular complexity index is 873. The van der Waals surface area contributed by atoms with Crippen LogP contribution in [0.15, 0.2) is 41.4 Å². The monoisotopic (exact) mass is 359 g/mol. The largest absolute Gasteiger partial charge is 0.327 e. The van der Waals surface area contributed by atoms with Crippen molar-refractivity contribution in [1.29, 1.82) is 0 Å². The zero-order valence-electron chi connectivity index (χ0n) is 12.7. The normalized spacial score (nSPS) is 15.9. The highest BCUT2D eigenvalue weighted by molar-refractivity contribution is 7.80. The van der Waals surface area contributed by atoms with Gasteiger partial charge in [-0.15, -0.1) is 0 Å². The van der Waals surface area contributed by atoms with Crippen LogP contribution in [0.1, 0.15) is 18.1 Å². The Balaban J connectivity index is 1.94. The van der Waals surface area contributed by atoms with E-state index in [0.717, 1.165) is 29.0 Å². The average molecular weight is 359 g/mol. The summed E-state index contributed by atoms with van der Waals surface area (Å²) in [6, 6.07) is 9.01. The average Bonchev–Trinajstić information content (AvgIpc) is 3.13. The van der Waals surface area contributed by atoms with Crippen molar-refractivity contribution >= 4 is 51.3 Å². The standard InChI is InChI=1S/C16H13N3O3S2/c1-2-11-5-3-4-6-13(11)18-15(20)12(17-16(18)23)7-10-8-14(19(21)22)24-9-10/h3-9H,2H2,1H3,(H,17,23). The molecule has 3 rings (SSSR count). The number of carbonyl (C=O) groups excluding carboxylic acids is 1. The van der Waals surface area contributed by atoms with Crippen molar-refractivity contribution in [2.75, 3.05) is 4.90 Å². The van der Waals surface area contributed by atoms with E-state index in [1.165, 1.54) is 11.0 Å². The Labute approximate surface area is 147 Å². The summed E-state index contributed by atoms with van der Waals surface area (Å²) in [5, 5.41) is 15.6. The Morgan fingerprint density at radius 2 is 2.17 bits per heavy atom. The van der Waals surface area contributed by atoms with Gasteiger partial charge in [0.2, 0.25) is 0 Å². The van der Waals surface area contributed by atoms with Crippen LogP contribution in [0.5, 0.6) is 0 Å². The van der Waals surface area contributed by atoms with Crippen LogP contribution in [-0.2, 0) is 11.2 Å². The summed E-state index contributed by atoms with van der Waals surface area (Å²) >= 11 is 6.31. The quantitative estimate of drug-likeness (QED) is 0.391. The maximum absolute atomic E-state index is 12.7. The predicted octanol–water partition coefficient (Wildman–Crippen LogP) is 3.48. The molecule has 0 spiro atoms. The van der Waals surface area contributed by atoms with E-state index in [1.807, 2.05) is 31.2 Å². The SMILES string of the molecule is CCc1ccccc1N1C(=O)C(=Cc2csc([N+](=O)[O-])c2)NC1=S. The van der Waals surface area contributed by atoms with Gasteiger partial charge in [-0.2, -0.15) is 0 Å². The lowest BCUT2D eigenvalue weighted by molar-refractivity contribution is -0.380. The van der Waals surface area contributed by atoms with Gasteiger partial charge < -0.3 is 5.32 Å². The van der Waals surface area contributed by atoms with Gasteiger partial charge in [0.25, 0.3) is 5.91 Å². The molecular weight excluding hydrogens is 346 g/mol. The molecule has 0 bridgehead atoms. The summed E-state index contributed by atoms with van der Waals surface area (Å²) in [6.07, 6.45) is 2.35. The molecule has 1 aromatic heterocycles. The molecule has 1 aliphatic rings. The first-order valence-corrected chi connectivity index (χ1v) is 8.48. The number of nitrogens with zero attached hydrogens (tertiary/aromatic N) is 2. The van der Waals surface area contributed by atoms with E-state index in [-0.39, 0.29) is 10.9 Å². The van der Waals surface area contributed by atoms with Crippen molar-refractivity contribution in [1.82, 2.24) is 5.32 Å². The van der Waals surface area contributed by atoms with Crippen LogP contribution >= 0.6 is 23.6 Å². The molecule has 0 unspecified atom stereocenters. The van der Waals surface area contributed by atoms with Crippen LogP contribution in [-0.4, -0.2) is 15.9 Å². The first-order valence-electron chi connectivity index (χ1n) is 7.19. The van der Waals surface area contributed by atoms with Crippen molar-refractivity contribution < 1.29 is 9.72 Å². The van der Waals surface area contributed by atoms with E-state index in [2.05, 4.69) is 5.32 Å². The van der Waals surface area contributed by atoms with Gasteiger partial charge in [-0.25, -0.2) is 0 Å². The minimum absolute atomic E-state index is 0.0306. The second-order valence-electron chi connectivity index (χ2n) is 5.09. The van der Waals surface area contributed by atoms with E-state index >= 15 is 0 Å². The third kappa shape index (κ3) is 2.93. The lowest BCUT2D eigenvalue weighted by Gasteiger charge is -2.17. The number of para-hydroxylation sites is 1. The fourth-order valence-corrected chi connectivity index (χ4v) is 3.43. The topological polar surface area (TPSA) is 75.5 Å². The molecule has 0 saturated carbocycles. The van der Waals surface area contributed by atoms with Crippen molar-refractivity contribution in [2.45, 2.75) is 13.3 Å². The van der Waals surface area contributed by atoms with Crippen molar-refractivity contribution in [3.8, 4) is 0 Å². The Morgan fingerprint density at radius 3 is 2.83 bits per heavy atom. The number of aryl methyl sites for hydroxylation is 1. The zero-order valence-corrected chi connectivity index (χ0v) is 14.3. The number of thiocarbonyl (C=S) groups is 1. The summed E-state index contributed by atoms with van der Waals surface area (Å²) in [5.74, 6) is -0.269. The molecule has 2 heterocycles. The molecule has 24 heavy (non-hydrogen) atoms.